The van der Waals surface area contributed by atoms with Crippen molar-refractivity contribution in [1.29, 1.82) is 0 Å². The number of aryl methyl sites for hydroxylation is 3. The number of aromatic nitrogens is 1. The minimum atomic E-state index is -3.70. The second-order valence-corrected chi connectivity index (χ2v) is 8.56. The monoisotopic (exact) mass is 409 g/mol. The Morgan fingerprint density at radius 1 is 0.931 bits per heavy atom. The third-order valence-electron chi connectivity index (χ3n) is 4.72. The van der Waals surface area contributed by atoms with E-state index in [9.17, 15) is 13.2 Å². The second-order valence-electron chi connectivity index (χ2n) is 6.88. The van der Waals surface area contributed by atoms with Gasteiger partial charge in [-0.3, -0.25) is 14.5 Å². The molecule has 150 valence electrons. The largest absolute Gasteiger partial charge is 0.346 e. The number of benzene rings is 2. The van der Waals surface area contributed by atoms with Crippen molar-refractivity contribution >= 4 is 21.6 Å². The first-order chi connectivity index (χ1) is 13.8. The van der Waals surface area contributed by atoms with Crippen molar-refractivity contribution in [2.24, 2.45) is 0 Å². The second kappa shape index (κ2) is 8.45. The van der Waals surface area contributed by atoms with Gasteiger partial charge in [0, 0.05) is 17.4 Å². The Bertz CT molecular complexity index is 1140. The van der Waals surface area contributed by atoms with Crippen molar-refractivity contribution in [1.82, 2.24) is 10.3 Å². The van der Waals surface area contributed by atoms with Gasteiger partial charge in [-0.25, -0.2) is 8.42 Å². The lowest BCUT2D eigenvalue weighted by atomic mass is 10.1. The number of nitrogens with one attached hydrogen (secondary N) is 2. The van der Waals surface area contributed by atoms with E-state index in [1.807, 2.05) is 32.9 Å². The zero-order valence-electron chi connectivity index (χ0n) is 16.6. The van der Waals surface area contributed by atoms with Gasteiger partial charge in [0.25, 0.3) is 15.9 Å². The smallest absolute Gasteiger partial charge is 0.261 e. The van der Waals surface area contributed by atoms with Crippen LogP contribution in [0, 0.1) is 20.8 Å². The van der Waals surface area contributed by atoms with Crippen molar-refractivity contribution in [2.75, 3.05) is 4.72 Å². The minimum Gasteiger partial charge on any atom is -0.346 e. The van der Waals surface area contributed by atoms with Crippen LogP contribution in [0.5, 0.6) is 0 Å². The van der Waals surface area contributed by atoms with Gasteiger partial charge >= 0.3 is 0 Å². The highest BCUT2D eigenvalue weighted by atomic mass is 32.2. The Labute approximate surface area is 171 Å². The van der Waals surface area contributed by atoms with E-state index in [0.29, 0.717) is 17.8 Å². The Kier molecular flexibility index (Phi) is 5.98. The lowest BCUT2D eigenvalue weighted by Gasteiger charge is -2.11. The van der Waals surface area contributed by atoms with Gasteiger partial charge in [-0.1, -0.05) is 12.1 Å². The van der Waals surface area contributed by atoms with Crippen molar-refractivity contribution in [3.05, 3.63) is 88.7 Å². The number of nitrogens with zero attached hydrogens (tertiary/aromatic N) is 1. The summed E-state index contributed by atoms with van der Waals surface area (Å²) < 4.78 is 27.7. The number of carbonyl (C=O) groups is 1. The van der Waals surface area contributed by atoms with Crippen molar-refractivity contribution in [3.63, 3.8) is 0 Å². The molecule has 29 heavy (non-hydrogen) atoms. The molecular weight excluding hydrogens is 386 g/mol. The zero-order chi connectivity index (χ0) is 21.0. The van der Waals surface area contributed by atoms with Gasteiger partial charge in [0.05, 0.1) is 17.1 Å². The number of anilines is 1. The van der Waals surface area contributed by atoms with Gasteiger partial charge in [-0.05, 0) is 79.9 Å². The maximum atomic E-state index is 12.6. The molecule has 0 unspecified atom stereocenters. The Balaban J connectivity index is 1.67. The standard InChI is InChI=1S/C22H23N3O3S/c1-15-6-11-20(13-17(15)3)29(27,28)25-19-9-7-18(8-10-19)22(26)24-14-21-16(2)5-4-12-23-21/h4-13,25H,14H2,1-3H3,(H,24,26). The van der Waals surface area contributed by atoms with Crippen LogP contribution in [-0.2, 0) is 16.6 Å². The van der Waals surface area contributed by atoms with Gasteiger partial charge < -0.3 is 5.32 Å². The number of sulfonamides is 1. The average Bonchev–Trinajstić information content (AvgIpc) is 2.69. The summed E-state index contributed by atoms with van der Waals surface area (Å²) in [5.74, 6) is -0.251. The number of carbonyl (C=O) groups excluding carboxylic acids is 1. The fourth-order valence-corrected chi connectivity index (χ4v) is 3.90. The lowest BCUT2D eigenvalue weighted by molar-refractivity contribution is 0.0950. The van der Waals surface area contributed by atoms with Gasteiger partial charge in [-0.15, -0.1) is 0 Å². The summed E-state index contributed by atoms with van der Waals surface area (Å²) in [6, 6.07) is 15.1. The third kappa shape index (κ3) is 5.00. The first-order valence-electron chi connectivity index (χ1n) is 9.15. The van der Waals surface area contributed by atoms with Gasteiger partial charge in [0.15, 0.2) is 0 Å². The van der Waals surface area contributed by atoms with Crippen LogP contribution in [-0.4, -0.2) is 19.3 Å². The molecule has 6 nitrogen and oxygen atoms in total. The van der Waals surface area contributed by atoms with Crippen LogP contribution in [0.2, 0.25) is 0 Å². The van der Waals surface area contributed by atoms with Crippen LogP contribution >= 0.6 is 0 Å². The molecule has 0 atom stereocenters. The fourth-order valence-electron chi connectivity index (χ4n) is 2.75. The Morgan fingerprint density at radius 2 is 1.66 bits per heavy atom. The van der Waals surface area contributed by atoms with Gasteiger partial charge in [0.1, 0.15) is 0 Å². The molecule has 0 bridgehead atoms. The van der Waals surface area contributed by atoms with Crippen LogP contribution in [0.1, 0.15) is 32.7 Å². The molecule has 1 amide bonds. The molecular formula is C22H23N3O3S. The SMILES string of the molecule is Cc1ccc(S(=O)(=O)Nc2ccc(C(=O)NCc3ncccc3C)cc2)cc1C. The molecule has 0 fully saturated rings. The number of rotatable bonds is 6. The molecule has 7 heteroatoms. The van der Waals surface area contributed by atoms with E-state index < -0.39 is 10.0 Å². The first-order valence-corrected chi connectivity index (χ1v) is 10.6. The summed E-state index contributed by atoms with van der Waals surface area (Å²) in [6.45, 7) is 6.06. The fraction of sp³-hybridized carbons (Fsp3) is 0.182. The quantitative estimate of drug-likeness (QED) is 0.649. The van der Waals surface area contributed by atoms with Gasteiger partial charge in [0.2, 0.25) is 0 Å². The van der Waals surface area contributed by atoms with Crippen LogP contribution in [0.3, 0.4) is 0 Å². The summed E-state index contributed by atoms with van der Waals surface area (Å²) in [5, 5.41) is 2.82. The van der Waals surface area contributed by atoms with E-state index in [1.54, 1.807) is 48.7 Å². The predicted molar refractivity (Wildman–Crippen MR) is 113 cm³/mol. The summed E-state index contributed by atoms with van der Waals surface area (Å²) in [6.07, 6.45) is 1.69. The summed E-state index contributed by atoms with van der Waals surface area (Å²) in [4.78, 5) is 16.8. The predicted octanol–water partition coefficient (Wildman–Crippen LogP) is 3.74. The molecule has 1 aromatic heterocycles. The lowest BCUT2D eigenvalue weighted by Crippen LogP contribution is -2.23. The van der Waals surface area contributed by atoms with Gasteiger partial charge in [-0.2, -0.15) is 0 Å². The molecule has 0 spiro atoms. The van der Waals surface area contributed by atoms with Crippen LogP contribution in [0.4, 0.5) is 5.69 Å². The highest BCUT2D eigenvalue weighted by Crippen LogP contribution is 2.19. The third-order valence-corrected chi connectivity index (χ3v) is 6.10. The molecule has 3 rings (SSSR count). The molecule has 0 aliphatic carbocycles. The molecule has 0 aliphatic heterocycles. The topological polar surface area (TPSA) is 88.2 Å². The molecule has 0 saturated heterocycles. The average molecular weight is 410 g/mol. The van der Waals surface area contributed by atoms with E-state index in [-0.39, 0.29) is 10.8 Å². The van der Waals surface area contributed by atoms with Crippen LogP contribution < -0.4 is 10.0 Å². The van der Waals surface area contributed by atoms with Crippen molar-refractivity contribution in [2.45, 2.75) is 32.2 Å². The maximum Gasteiger partial charge on any atom is 0.261 e. The van der Waals surface area contributed by atoms with Crippen molar-refractivity contribution < 1.29 is 13.2 Å². The van der Waals surface area contributed by atoms with E-state index in [2.05, 4.69) is 15.0 Å². The van der Waals surface area contributed by atoms with E-state index >= 15 is 0 Å². The molecule has 1 heterocycles. The normalized spacial score (nSPS) is 11.1. The molecule has 3 aromatic rings. The van der Waals surface area contributed by atoms with E-state index in [0.717, 1.165) is 22.4 Å². The minimum absolute atomic E-state index is 0.202. The summed E-state index contributed by atoms with van der Waals surface area (Å²) in [5.41, 5.74) is 4.57. The molecule has 0 saturated carbocycles. The highest BCUT2D eigenvalue weighted by Gasteiger charge is 2.15. The molecule has 0 aliphatic rings. The van der Waals surface area contributed by atoms with Crippen molar-refractivity contribution in [3.8, 4) is 0 Å². The van der Waals surface area contributed by atoms with Crippen LogP contribution in [0.25, 0.3) is 0 Å². The van der Waals surface area contributed by atoms with E-state index in [4.69, 9.17) is 0 Å². The first kappa shape index (κ1) is 20.5. The molecule has 0 radical (unpaired) electrons. The zero-order valence-corrected chi connectivity index (χ0v) is 17.4. The summed E-state index contributed by atoms with van der Waals surface area (Å²) in [7, 11) is -3.70. The highest BCUT2D eigenvalue weighted by molar-refractivity contribution is 7.92. The summed E-state index contributed by atoms with van der Waals surface area (Å²) >= 11 is 0. The Hall–Kier alpha value is -3.19. The molecule has 2 N–H and O–H groups in total. The maximum absolute atomic E-state index is 12.6. The Morgan fingerprint density at radius 3 is 2.31 bits per heavy atom. The number of hydrogen-bond donors (Lipinski definition) is 2. The molecule has 2 aromatic carbocycles. The number of hydrogen-bond acceptors (Lipinski definition) is 4. The van der Waals surface area contributed by atoms with Crippen LogP contribution in [0.15, 0.2) is 65.7 Å². The number of amides is 1. The van der Waals surface area contributed by atoms with E-state index in [1.165, 1.54) is 0 Å². The number of pyridine rings is 1.